The summed E-state index contributed by atoms with van der Waals surface area (Å²) in [6, 6.07) is 7.24. The van der Waals surface area contributed by atoms with E-state index in [1.54, 1.807) is 12.1 Å². The summed E-state index contributed by atoms with van der Waals surface area (Å²) in [5.74, 6) is -0.207. The van der Waals surface area contributed by atoms with Gasteiger partial charge in [0, 0.05) is 18.6 Å². The molecule has 0 spiro atoms. The molecule has 0 bridgehead atoms. The average Bonchev–Trinajstić information content (AvgIpc) is 2.41. The number of carbonyl (C=O) groups excluding carboxylic acids is 1. The Labute approximate surface area is 120 Å². The number of amides is 2. The van der Waals surface area contributed by atoms with E-state index in [4.69, 9.17) is 0 Å². The van der Waals surface area contributed by atoms with Crippen molar-refractivity contribution >= 4 is 6.03 Å². The Hall–Kier alpha value is -1.58. The monoisotopic (exact) mass is 278 g/mol. The van der Waals surface area contributed by atoms with E-state index in [0.29, 0.717) is 18.5 Å². The number of urea groups is 1. The number of benzene rings is 1. The van der Waals surface area contributed by atoms with Crippen molar-refractivity contribution in [3.63, 3.8) is 0 Å². The summed E-state index contributed by atoms with van der Waals surface area (Å²) in [6.07, 6.45) is 3.83. The molecule has 1 aliphatic heterocycles. The van der Waals surface area contributed by atoms with Crippen molar-refractivity contribution < 1.29 is 9.18 Å². The largest absolute Gasteiger partial charge is 0.338 e. The highest BCUT2D eigenvalue weighted by Gasteiger charge is 2.28. The van der Waals surface area contributed by atoms with Crippen molar-refractivity contribution in [3.05, 3.63) is 35.6 Å². The standard InChI is InChI=1S/C16H23FN2O/c1-12-6-5-7-13(2)19(12)16(20)18-11-10-14-8-3-4-9-15(14)17/h3-4,8-9,12-13H,5-7,10-11H2,1-2H3,(H,18,20). The summed E-state index contributed by atoms with van der Waals surface area (Å²) in [6.45, 7) is 4.65. The van der Waals surface area contributed by atoms with Crippen LogP contribution in [0.5, 0.6) is 0 Å². The van der Waals surface area contributed by atoms with Gasteiger partial charge in [-0.25, -0.2) is 9.18 Å². The lowest BCUT2D eigenvalue weighted by Gasteiger charge is -2.38. The fraction of sp³-hybridized carbons (Fsp3) is 0.562. The minimum atomic E-state index is -0.207. The van der Waals surface area contributed by atoms with Gasteiger partial charge in [-0.05, 0) is 51.2 Å². The summed E-state index contributed by atoms with van der Waals surface area (Å²) in [4.78, 5) is 14.1. The maximum absolute atomic E-state index is 13.5. The second-order valence-electron chi connectivity index (χ2n) is 5.61. The molecule has 2 atom stereocenters. The van der Waals surface area contributed by atoms with Crippen molar-refractivity contribution in [2.75, 3.05) is 6.54 Å². The number of halogens is 1. The molecule has 0 saturated carbocycles. The fourth-order valence-electron chi connectivity index (χ4n) is 2.92. The van der Waals surface area contributed by atoms with Gasteiger partial charge in [0.05, 0.1) is 0 Å². The third-order valence-electron chi connectivity index (χ3n) is 4.06. The first kappa shape index (κ1) is 14.8. The Balaban J connectivity index is 1.84. The molecular formula is C16H23FN2O. The number of hydrogen-bond donors (Lipinski definition) is 1. The first-order valence-corrected chi connectivity index (χ1v) is 7.39. The zero-order valence-corrected chi connectivity index (χ0v) is 12.2. The molecule has 2 rings (SSSR count). The van der Waals surface area contributed by atoms with Gasteiger partial charge in [0.15, 0.2) is 0 Å². The molecule has 0 radical (unpaired) electrons. The predicted molar refractivity (Wildman–Crippen MR) is 78.1 cm³/mol. The highest BCUT2D eigenvalue weighted by Crippen LogP contribution is 2.22. The summed E-state index contributed by atoms with van der Waals surface area (Å²) in [7, 11) is 0. The van der Waals surface area contributed by atoms with Crippen LogP contribution in [0.25, 0.3) is 0 Å². The number of likely N-dealkylation sites (tertiary alicyclic amines) is 1. The molecule has 1 fully saturated rings. The van der Waals surface area contributed by atoms with E-state index in [9.17, 15) is 9.18 Å². The molecule has 110 valence electrons. The van der Waals surface area contributed by atoms with E-state index in [-0.39, 0.29) is 23.9 Å². The highest BCUT2D eigenvalue weighted by atomic mass is 19.1. The van der Waals surface area contributed by atoms with E-state index in [0.717, 1.165) is 12.8 Å². The van der Waals surface area contributed by atoms with Gasteiger partial charge >= 0.3 is 6.03 Å². The van der Waals surface area contributed by atoms with E-state index in [1.807, 2.05) is 11.0 Å². The zero-order valence-electron chi connectivity index (χ0n) is 12.2. The van der Waals surface area contributed by atoms with E-state index in [2.05, 4.69) is 19.2 Å². The summed E-state index contributed by atoms with van der Waals surface area (Å²) in [5, 5.41) is 2.91. The Morgan fingerprint density at radius 1 is 1.30 bits per heavy atom. The number of rotatable bonds is 3. The minimum Gasteiger partial charge on any atom is -0.338 e. The zero-order chi connectivity index (χ0) is 14.5. The average molecular weight is 278 g/mol. The van der Waals surface area contributed by atoms with Crippen LogP contribution in [0.3, 0.4) is 0 Å². The maximum atomic E-state index is 13.5. The molecule has 0 aromatic heterocycles. The summed E-state index contributed by atoms with van der Waals surface area (Å²) in [5.41, 5.74) is 0.646. The van der Waals surface area contributed by atoms with Gasteiger partial charge in [0.2, 0.25) is 0 Å². The van der Waals surface area contributed by atoms with Crippen molar-refractivity contribution in [3.8, 4) is 0 Å². The van der Waals surface area contributed by atoms with Crippen molar-refractivity contribution in [2.45, 2.75) is 51.6 Å². The van der Waals surface area contributed by atoms with Gasteiger partial charge in [0.25, 0.3) is 0 Å². The predicted octanol–water partition coefficient (Wildman–Crippen LogP) is 3.34. The topological polar surface area (TPSA) is 32.3 Å². The molecule has 1 aromatic carbocycles. The van der Waals surface area contributed by atoms with Crippen LogP contribution in [0, 0.1) is 5.82 Å². The molecule has 1 aliphatic rings. The quantitative estimate of drug-likeness (QED) is 0.903. The van der Waals surface area contributed by atoms with Crippen molar-refractivity contribution in [1.29, 1.82) is 0 Å². The van der Waals surface area contributed by atoms with E-state index in [1.165, 1.54) is 12.5 Å². The SMILES string of the molecule is CC1CCCC(C)N1C(=O)NCCc1ccccc1F. The fourth-order valence-corrected chi connectivity index (χ4v) is 2.92. The molecule has 4 heteroatoms. The molecule has 20 heavy (non-hydrogen) atoms. The number of piperidine rings is 1. The minimum absolute atomic E-state index is 0.0268. The van der Waals surface area contributed by atoms with Gasteiger partial charge in [-0.2, -0.15) is 0 Å². The lowest BCUT2D eigenvalue weighted by atomic mass is 9.98. The molecule has 2 unspecified atom stereocenters. The van der Waals surface area contributed by atoms with Gasteiger partial charge in [-0.3, -0.25) is 0 Å². The number of carbonyl (C=O) groups is 1. The van der Waals surface area contributed by atoms with Crippen LogP contribution in [0.2, 0.25) is 0 Å². The molecule has 1 saturated heterocycles. The Morgan fingerprint density at radius 3 is 2.60 bits per heavy atom. The molecular weight excluding hydrogens is 255 g/mol. The first-order chi connectivity index (χ1) is 9.59. The smallest absolute Gasteiger partial charge is 0.317 e. The number of nitrogens with one attached hydrogen (secondary N) is 1. The number of nitrogens with zero attached hydrogens (tertiary/aromatic N) is 1. The van der Waals surface area contributed by atoms with E-state index >= 15 is 0 Å². The summed E-state index contributed by atoms with van der Waals surface area (Å²) < 4.78 is 13.5. The molecule has 2 amide bonds. The molecule has 3 nitrogen and oxygen atoms in total. The van der Waals surface area contributed by atoms with Gasteiger partial charge < -0.3 is 10.2 Å². The second-order valence-corrected chi connectivity index (χ2v) is 5.61. The Bertz CT molecular complexity index is 454. The first-order valence-electron chi connectivity index (χ1n) is 7.39. The van der Waals surface area contributed by atoms with Gasteiger partial charge in [-0.15, -0.1) is 0 Å². The normalized spacial score (nSPS) is 22.6. The van der Waals surface area contributed by atoms with Crippen LogP contribution >= 0.6 is 0 Å². The molecule has 1 aromatic rings. The molecule has 0 aliphatic carbocycles. The lowest BCUT2D eigenvalue weighted by molar-refractivity contribution is 0.123. The van der Waals surface area contributed by atoms with Crippen LogP contribution in [0.4, 0.5) is 9.18 Å². The molecule has 1 N–H and O–H groups in total. The third-order valence-corrected chi connectivity index (χ3v) is 4.06. The Morgan fingerprint density at radius 2 is 1.95 bits per heavy atom. The Kier molecular flexibility index (Phi) is 4.99. The molecule has 1 heterocycles. The van der Waals surface area contributed by atoms with Crippen LogP contribution in [-0.2, 0) is 6.42 Å². The van der Waals surface area contributed by atoms with Crippen LogP contribution in [-0.4, -0.2) is 29.6 Å². The third kappa shape index (κ3) is 3.50. The lowest BCUT2D eigenvalue weighted by Crippen LogP contribution is -2.52. The summed E-state index contributed by atoms with van der Waals surface area (Å²) >= 11 is 0. The van der Waals surface area contributed by atoms with Crippen LogP contribution in [0.15, 0.2) is 24.3 Å². The maximum Gasteiger partial charge on any atom is 0.317 e. The van der Waals surface area contributed by atoms with Gasteiger partial charge in [0.1, 0.15) is 5.82 Å². The van der Waals surface area contributed by atoms with Crippen LogP contribution in [0.1, 0.15) is 38.7 Å². The van der Waals surface area contributed by atoms with E-state index < -0.39 is 0 Å². The van der Waals surface area contributed by atoms with Crippen LogP contribution < -0.4 is 5.32 Å². The van der Waals surface area contributed by atoms with Crippen molar-refractivity contribution in [1.82, 2.24) is 10.2 Å². The van der Waals surface area contributed by atoms with Gasteiger partial charge in [-0.1, -0.05) is 18.2 Å². The van der Waals surface area contributed by atoms with Crippen molar-refractivity contribution in [2.24, 2.45) is 0 Å². The highest BCUT2D eigenvalue weighted by molar-refractivity contribution is 5.75. The number of hydrogen-bond acceptors (Lipinski definition) is 1. The second kappa shape index (κ2) is 6.73.